The Hall–Kier alpha value is -0.0300. The van der Waals surface area contributed by atoms with Gasteiger partial charge in [-0.3, -0.25) is 0 Å². The molecule has 0 atom stereocenters. The molecule has 0 radical (unpaired) electrons. The van der Waals surface area contributed by atoms with E-state index in [9.17, 15) is 4.39 Å². The van der Waals surface area contributed by atoms with Crippen LogP contribution in [-0.2, 0) is 0 Å². The Kier molecular flexibility index (Phi) is 2.36. The van der Waals surface area contributed by atoms with E-state index in [1.54, 1.807) is 0 Å². The molecule has 0 aromatic heterocycles. The van der Waals surface area contributed by atoms with Crippen molar-refractivity contribution in [3.8, 4) is 5.75 Å². The largest absolute Gasteiger partial charge is 0.505 e. The molecule has 0 unspecified atom stereocenters. The Morgan fingerprint density at radius 3 is 2.60 bits per heavy atom. The highest BCUT2D eigenvalue weighted by Gasteiger charge is 2.03. The van der Waals surface area contributed by atoms with Gasteiger partial charge in [-0.25, -0.2) is 4.39 Å². The fourth-order valence-corrected chi connectivity index (χ4v) is 1.11. The van der Waals surface area contributed by atoms with E-state index in [0.29, 0.717) is 8.59 Å². The van der Waals surface area contributed by atoms with Gasteiger partial charge in [0.15, 0.2) is 11.6 Å². The van der Waals surface area contributed by atoms with E-state index in [0.717, 1.165) is 6.07 Å². The van der Waals surface area contributed by atoms with Gasteiger partial charge in [0, 0.05) is 3.57 Å². The van der Waals surface area contributed by atoms with Crippen LogP contribution in [0.2, 0.25) is 5.02 Å². The lowest BCUT2D eigenvalue weighted by molar-refractivity contribution is 0.432. The van der Waals surface area contributed by atoms with Crippen LogP contribution >= 0.6 is 34.2 Å². The van der Waals surface area contributed by atoms with Crippen molar-refractivity contribution in [2.24, 2.45) is 0 Å². The maximum atomic E-state index is 12.4. The summed E-state index contributed by atoms with van der Waals surface area (Å²) in [4.78, 5) is 0. The second-order valence-corrected chi connectivity index (χ2v) is 3.29. The molecule has 10 heavy (non-hydrogen) atoms. The zero-order valence-electron chi connectivity index (χ0n) is 4.74. The lowest BCUT2D eigenvalue weighted by Crippen LogP contribution is -1.79. The zero-order chi connectivity index (χ0) is 7.72. The number of phenolic OH excluding ortho intramolecular Hbond substituents is 1. The van der Waals surface area contributed by atoms with Crippen LogP contribution in [0.25, 0.3) is 0 Å². The van der Waals surface area contributed by atoms with Crippen LogP contribution in [0.3, 0.4) is 0 Å². The molecule has 4 heteroatoms. The molecule has 1 aromatic rings. The van der Waals surface area contributed by atoms with Gasteiger partial charge >= 0.3 is 0 Å². The Bertz CT molecular complexity index is 214. The molecule has 1 rings (SSSR count). The van der Waals surface area contributed by atoms with E-state index in [-0.39, 0.29) is 5.75 Å². The minimum atomic E-state index is -0.689. The first-order valence-corrected chi connectivity index (χ1v) is 3.90. The number of aromatic hydroxyl groups is 1. The van der Waals surface area contributed by atoms with E-state index in [2.05, 4.69) is 0 Å². The third-order valence-electron chi connectivity index (χ3n) is 0.990. The smallest absolute Gasteiger partial charge is 0.166 e. The zero-order valence-corrected chi connectivity index (χ0v) is 7.65. The van der Waals surface area contributed by atoms with Crippen molar-refractivity contribution in [2.45, 2.75) is 0 Å². The average molecular weight is 272 g/mol. The fourth-order valence-electron chi connectivity index (χ4n) is 0.512. The van der Waals surface area contributed by atoms with Gasteiger partial charge in [-0.05, 0) is 34.7 Å². The minimum Gasteiger partial charge on any atom is -0.505 e. The van der Waals surface area contributed by atoms with Crippen molar-refractivity contribution >= 4 is 34.2 Å². The summed E-state index contributed by atoms with van der Waals surface area (Å²) in [6, 6.07) is 2.36. The van der Waals surface area contributed by atoms with Crippen molar-refractivity contribution in [3.63, 3.8) is 0 Å². The van der Waals surface area contributed by atoms with Crippen molar-refractivity contribution in [1.82, 2.24) is 0 Å². The number of hydrogen-bond donors (Lipinski definition) is 1. The molecule has 0 aliphatic rings. The molecule has 0 spiro atoms. The first kappa shape index (κ1) is 8.07. The molecule has 0 saturated heterocycles. The maximum Gasteiger partial charge on any atom is 0.166 e. The van der Waals surface area contributed by atoms with E-state index in [4.69, 9.17) is 16.7 Å². The van der Waals surface area contributed by atoms with Crippen LogP contribution in [-0.4, -0.2) is 5.11 Å². The normalized spacial score (nSPS) is 9.90. The van der Waals surface area contributed by atoms with Gasteiger partial charge in [-0.1, -0.05) is 11.6 Å². The molecule has 0 saturated carbocycles. The van der Waals surface area contributed by atoms with Gasteiger partial charge in [0.05, 0.1) is 5.02 Å². The second-order valence-electron chi connectivity index (χ2n) is 1.72. The Balaban J connectivity index is 3.28. The Morgan fingerprint density at radius 1 is 1.50 bits per heavy atom. The predicted octanol–water partition coefficient (Wildman–Crippen LogP) is 2.79. The Labute approximate surface area is 76.0 Å². The van der Waals surface area contributed by atoms with Crippen LogP contribution in [0.4, 0.5) is 4.39 Å². The monoisotopic (exact) mass is 272 g/mol. The van der Waals surface area contributed by atoms with Gasteiger partial charge in [0.1, 0.15) is 0 Å². The summed E-state index contributed by atoms with van der Waals surface area (Å²) >= 11 is 7.44. The molecule has 0 aliphatic heterocycles. The van der Waals surface area contributed by atoms with Crippen molar-refractivity contribution in [1.29, 1.82) is 0 Å². The molecule has 0 heterocycles. The van der Waals surface area contributed by atoms with Gasteiger partial charge in [0.25, 0.3) is 0 Å². The van der Waals surface area contributed by atoms with E-state index in [1.165, 1.54) is 6.07 Å². The topological polar surface area (TPSA) is 20.2 Å². The molecule has 54 valence electrons. The molecule has 1 nitrogen and oxygen atoms in total. The van der Waals surface area contributed by atoms with E-state index >= 15 is 0 Å². The molecule has 0 fully saturated rings. The average Bonchev–Trinajstić information content (AvgIpc) is 1.84. The van der Waals surface area contributed by atoms with E-state index in [1.807, 2.05) is 22.6 Å². The lowest BCUT2D eigenvalue weighted by Gasteiger charge is -1.97. The predicted molar refractivity (Wildman–Crippen MR) is 45.8 cm³/mol. The third kappa shape index (κ3) is 1.52. The standard InChI is InChI=1S/C6H3ClFIO/c7-3-1-4(8)6(10)2-5(3)9/h1-2,10H. The van der Waals surface area contributed by atoms with Gasteiger partial charge in [-0.2, -0.15) is 0 Å². The second kappa shape index (κ2) is 2.92. The molecule has 1 N–H and O–H groups in total. The number of halogens is 3. The highest BCUT2D eigenvalue weighted by Crippen LogP contribution is 2.25. The summed E-state index contributed by atoms with van der Waals surface area (Å²) in [6.45, 7) is 0. The molecular formula is C6H3ClFIO. The van der Waals surface area contributed by atoms with E-state index < -0.39 is 5.82 Å². The van der Waals surface area contributed by atoms with Gasteiger partial charge in [-0.15, -0.1) is 0 Å². The first-order valence-electron chi connectivity index (χ1n) is 2.45. The summed E-state index contributed by atoms with van der Waals surface area (Å²) in [6.07, 6.45) is 0. The molecule has 0 aliphatic carbocycles. The van der Waals surface area contributed by atoms with Gasteiger partial charge in [0.2, 0.25) is 0 Å². The number of phenols is 1. The maximum absolute atomic E-state index is 12.4. The highest BCUT2D eigenvalue weighted by atomic mass is 127. The Morgan fingerprint density at radius 2 is 2.10 bits per heavy atom. The highest BCUT2D eigenvalue weighted by molar-refractivity contribution is 14.1. The lowest BCUT2D eigenvalue weighted by atomic mass is 10.3. The summed E-state index contributed by atoms with van der Waals surface area (Å²) in [5.74, 6) is -1.06. The third-order valence-corrected chi connectivity index (χ3v) is 2.51. The minimum absolute atomic E-state index is 0.316. The SMILES string of the molecule is Oc1cc(I)c(Cl)cc1F. The summed E-state index contributed by atoms with van der Waals surface area (Å²) in [5, 5.41) is 9.10. The molecule has 1 aromatic carbocycles. The number of hydrogen-bond acceptors (Lipinski definition) is 1. The van der Waals surface area contributed by atoms with Crippen LogP contribution < -0.4 is 0 Å². The molecule has 0 amide bonds. The summed E-state index contributed by atoms with van der Waals surface area (Å²) in [5.41, 5.74) is 0. The van der Waals surface area contributed by atoms with Crippen LogP contribution in [0.15, 0.2) is 12.1 Å². The summed E-state index contributed by atoms with van der Waals surface area (Å²) in [7, 11) is 0. The van der Waals surface area contributed by atoms with Crippen LogP contribution in [0.5, 0.6) is 5.75 Å². The summed E-state index contributed by atoms with van der Waals surface area (Å²) < 4.78 is 13.1. The van der Waals surface area contributed by atoms with Crippen LogP contribution in [0, 0.1) is 9.39 Å². The molecular weight excluding hydrogens is 269 g/mol. The fraction of sp³-hybridized carbons (Fsp3) is 0. The van der Waals surface area contributed by atoms with Crippen LogP contribution in [0.1, 0.15) is 0 Å². The number of benzene rings is 1. The first-order chi connectivity index (χ1) is 4.61. The molecule has 0 bridgehead atoms. The van der Waals surface area contributed by atoms with Gasteiger partial charge < -0.3 is 5.11 Å². The van der Waals surface area contributed by atoms with Crippen molar-refractivity contribution in [2.75, 3.05) is 0 Å². The number of rotatable bonds is 0. The quantitative estimate of drug-likeness (QED) is 0.569. The van der Waals surface area contributed by atoms with Crippen molar-refractivity contribution < 1.29 is 9.50 Å². The van der Waals surface area contributed by atoms with Crippen molar-refractivity contribution in [3.05, 3.63) is 26.5 Å².